The Kier molecular flexibility index (Phi) is 6.31. The summed E-state index contributed by atoms with van der Waals surface area (Å²) in [7, 11) is 1.61. The van der Waals surface area contributed by atoms with Crippen LogP contribution < -0.4 is 9.47 Å². The van der Waals surface area contributed by atoms with Gasteiger partial charge in [0.2, 0.25) is 0 Å². The quantitative estimate of drug-likeness (QED) is 0.571. The van der Waals surface area contributed by atoms with E-state index in [1.54, 1.807) is 7.11 Å². The third-order valence-corrected chi connectivity index (χ3v) is 3.30. The predicted octanol–water partition coefficient (Wildman–Crippen LogP) is 3.12. The number of esters is 1. The Balaban J connectivity index is 1.64. The van der Waals surface area contributed by atoms with Gasteiger partial charge in [0, 0.05) is 6.07 Å². The maximum Gasteiger partial charge on any atom is 0.341 e. The van der Waals surface area contributed by atoms with E-state index in [0.717, 1.165) is 24.0 Å². The number of phenols is 2. The molecule has 0 aliphatic rings. The first kappa shape index (κ1) is 17.5. The molecule has 0 fully saturated rings. The Morgan fingerprint density at radius 1 is 0.958 bits per heavy atom. The Morgan fingerprint density at radius 2 is 1.62 bits per heavy atom. The van der Waals surface area contributed by atoms with E-state index in [-0.39, 0.29) is 23.7 Å². The fourth-order valence-corrected chi connectivity index (χ4v) is 2.00. The summed E-state index contributed by atoms with van der Waals surface area (Å²) in [6, 6.07) is 11.0. The summed E-state index contributed by atoms with van der Waals surface area (Å²) in [5.74, 6) is 0.486. The van der Waals surface area contributed by atoms with Crippen molar-refractivity contribution in [1.82, 2.24) is 0 Å². The van der Waals surface area contributed by atoms with E-state index >= 15 is 0 Å². The second-order valence-electron chi connectivity index (χ2n) is 5.07. The highest BCUT2D eigenvalue weighted by molar-refractivity contribution is 5.92. The predicted molar refractivity (Wildman–Crippen MR) is 87.8 cm³/mol. The molecule has 0 atom stereocenters. The first-order valence-corrected chi connectivity index (χ1v) is 7.56. The number of aromatic hydroxyl groups is 2. The number of unbranched alkanes of at least 4 members (excludes halogenated alkanes) is 1. The maximum atomic E-state index is 11.8. The van der Waals surface area contributed by atoms with Crippen molar-refractivity contribution >= 4 is 5.97 Å². The van der Waals surface area contributed by atoms with Gasteiger partial charge in [0.1, 0.15) is 28.6 Å². The van der Waals surface area contributed by atoms with Gasteiger partial charge in [-0.15, -0.1) is 0 Å². The van der Waals surface area contributed by atoms with Gasteiger partial charge < -0.3 is 24.4 Å². The molecule has 6 nitrogen and oxygen atoms in total. The van der Waals surface area contributed by atoms with Crippen LogP contribution in [0.25, 0.3) is 0 Å². The van der Waals surface area contributed by atoms with Crippen LogP contribution in [0.3, 0.4) is 0 Å². The zero-order chi connectivity index (χ0) is 17.4. The van der Waals surface area contributed by atoms with Crippen molar-refractivity contribution in [2.45, 2.75) is 12.8 Å². The molecule has 2 aromatic carbocycles. The van der Waals surface area contributed by atoms with Crippen molar-refractivity contribution in [3.05, 3.63) is 48.0 Å². The van der Waals surface area contributed by atoms with Crippen molar-refractivity contribution < 1.29 is 29.2 Å². The number of phenolic OH excluding ortho intramolecular Hbond substituents is 2. The normalized spacial score (nSPS) is 10.2. The Hall–Kier alpha value is -2.89. The molecule has 0 heterocycles. The number of carbonyl (C=O) groups excluding carboxylic acids is 1. The lowest BCUT2D eigenvalue weighted by atomic mass is 10.2. The summed E-state index contributed by atoms with van der Waals surface area (Å²) in [5, 5.41) is 18.8. The molecule has 0 aromatic heterocycles. The molecule has 0 saturated heterocycles. The zero-order valence-corrected chi connectivity index (χ0v) is 13.4. The van der Waals surface area contributed by atoms with Crippen molar-refractivity contribution in [1.29, 1.82) is 0 Å². The van der Waals surface area contributed by atoms with Gasteiger partial charge in [-0.05, 0) is 49.2 Å². The maximum absolute atomic E-state index is 11.8. The second-order valence-corrected chi connectivity index (χ2v) is 5.07. The number of rotatable bonds is 8. The van der Waals surface area contributed by atoms with Crippen LogP contribution in [0.4, 0.5) is 0 Å². The zero-order valence-electron chi connectivity index (χ0n) is 13.4. The van der Waals surface area contributed by atoms with Crippen molar-refractivity contribution in [2.24, 2.45) is 0 Å². The average molecular weight is 332 g/mol. The molecular weight excluding hydrogens is 312 g/mol. The fraction of sp³-hybridized carbons (Fsp3) is 0.278. The minimum Gasteiger partial charge on any atom is -0.508 e. The lowest BCUT2D eigenvalue weighted by Gasteiger charge is -2.08. The molecule has 0 aliphatic carbocycles. The number of hydrogen-bond acceptors (Lipinski definition) is 6. The highest BCUT2D eigenvalue weighted by Crippen LogP contribution is 2.23. The first-order chi connectivity index (χ1) is 11.6. The summed E-state index contributed by atoms with van der Waals surface area (Å²) in [4.78, 5) is 11.8. The van der Waals surface area contributed by atoms with E-state index in [2.05, 4.69) is 0 Å². The third-order valence-electron chi connectivity index (χ3n) is 3.30. The molecule has 0 amide bonds. The summed E-state index contributed by atoms with van der Waals surface area (Å²) < 4.78 is 15.7. The molecule has 0 unspecified atom stereocenters. The SMILES string of the molecule is COc1ccc(OCCCCOC(=O)c2ccc(O)cc2O)cc1. The van der Waals surface area contributed by atoms with Gasteiger partial charge in [0.25, 0.3) is 0 Å². The number of methoxy groups -OCH3 is 1. The van der Waals surface area contributed by atoms with Crippen molar-refractivity contribution in [2.75, 3.05) is 20.3 Å². The van der Waals surface area contributed by atoms with E-state index in [4.69, 9.17) is 14.2 Å². The van der Waals surface area contributed by atoms with Gasteiger partial charge in [-0.3, -0.25) is 0 Å². The van der Waals surface area contributed by atoms with Crippen molar-refractivity contribution in [3.8, 4) is 23.0 Å². The Labute approximate surface area is 140 Å². The second kappa shape index (κ2) is 8.67. The molecule has 0 radical (unpaired) electrons. The molecule has 0 aliphatic heterocycles. The van der Waals surface area contributed by atoms with Gasteiger partial charge in [0.05, 0.1) is 20.3 Å². The molecule has 0 bridgehead atoms. The van der Waals surface area contributed by atoms with E-state index in [1.165, 1.54) is 12.1 Å². The highest BCUT2D eigenvalue weighted by Gasteiger charge is 2.12. The first-order valence-electron chi connectivity index (χ1n) is 7.56. The minimum atomic E-state index is -0.622. The van der Waals surface area contributed by atoms with Crippen LogP contribution in [0, 0.1) is 0 Å². The summed E-state index contributed by atoms with van der Waals surface area (Å²) in [5.41, 5.74) is 0.0299. The summed E-state index contributed by atoms with van der Waals surface area (Å²) in [6.07, 6.45) is 1.36. The Morgan fingerprint density at radius 3 is 2.29 bits per heavy atom. The monoisotopic (exact) mass is 332 g/mol. The number of benzene rings is 2. The summed E-state index contributed by atoms with van der Waals surface area (Å²) >= 11 is 0. The number of carbonyl (C=O) groups is 1. The van der Waals surface area contributed by atoms with Gasteiger partial charge in [-0.2, -0.15) is 0 Å². The standard InChI is InChI=1S/C18H20O6/c1-22-14-5-7-15(8-6-14)23-10-2-3-11-24-18(21)16-9-4-13(19)12-17(16)20/h4-9,12,19-20H,2-3,10-11H2,1H3. The number of hydrogen-bond donors (Lipinski definition) is 2. The molecule has 128 valence electrons. The molecular formula is C18H20O6. The highest BCUT2D eigenvalue weighted by atomic mass is 16.5. The van der Waals surface area contributed by atoms with E-state index in [0.29, 0.717) is 13.0 Å². The van der Waals surface area contributed by atoms with Gasteiger partial charge in [-0.25, -0.2) is 4.79 Å². The lowest BCUT2D eigenvalue weighted by Crippen LogP contribution is -2.08. The van der Waals surface area contributed by atoms with Crippen LogP contribution in [0.15, 0.2) is 42.5 Å². The minimum absolute atomic E-state index is 0.0299. The van der Waals surface area contributed by atoms with Crippen molar-refractivity contribution in [3.63, 3.8) is 0 Å². The molecule has 0 saturated carbocycles. The van der Waals surface area contributed by atoms with Crippen LogP contribution in [-0.4, -0.2) is 36.5 Å². The molecule has 2 aromatic rings. The topological polar surface area (TPSA) is 85.2 Å². The van der Waals surface area contributed by atoms with Gasteiger partial charge in [-0.1, -0.05) is 0 Å². The molecule has 6 heteroatoms. The van der Waals surface area contributed by atoms with Crippen LogP contribution in [0.5, 0.6) is 23.0 Å². The largest absolute Gasteiger partial charge is 0.508 e. The van der Waals surface area contributed by atoms with E-state index in [9.17, 15) is 15.0 Å². The van der Waals surface area contributed by atoms with Crippen LogP contribution in [0.2, 0.25) is 0 Å². The Bertz CT molecular complexity index is 666. The van der Waals surface area contributed by atoms with Gasteiger partial charge in [0.15, 0.2) is 0 Å². The molecule has 0 spiro atoms. The average Bonchev–Trinajstić information content (AvgIpc) is 2.58. The van der Waals surface area contributed by atoms with E-state index in [1.807, 2.05) is 24.3 Å². The molecule has 2 N–H and O–H groups in total. The molecule has 24 heavy (non-hydrogen) atoms. The third kappa shape index (κ3) is 5.08. The lowest BCUT2D eigenvalue weighted by molar-refractivity contribution is 0.0490. The van der Waals surface area contributed by atoms with Crippen LogP contribution in [0.1, 0.15) is 23.2 Å². The van der Waals surface area contributed by atoms with Crippen LogP contribution >= 0.6 is 0 Å². The van der Waals surface area contributed by atoms with E-state index < -0.39 is 5.97 Å². The van der Waals surface area contributed by atoms with Crippen LogP contribution in [-0.2, 0) is 4.74 Å². The smallest absolute Gasteiger partial charge is 0.341 e. The molecule has 2 rings (SSSR count). The number of ether oxygens (including phenoxy) is 3. The van der Waals surface area contributed by atoms with Gasteiger partial charge >= 0.3 is 5.97 Å². The summed E-state index contributed by atoms with van der Waals surface area (Å²) in [6.45, 7) is 0.736. The fourth-order valence-electron chi connectivity index (χ4n) is 2.00.